The second kappa shape index (κ2) is 6.46. The zero-order chi connectivity index (χ0) is 19.1. The van der Waals surface area contributed by atoms with E-state index in [0.717, 1.165) is 33.1 Å². The van der Waals surface area contributed by atoms with Crippen LogP contribution in [-0.2, 0) is 0 Å². The zero-order valence-corrected chi connectivity index (χ0v) is 16.0. The lowest BCUT2D eigenvalue weighted by Crippen LogP contribution is -2.28. The molecule has 27 heavy (non-hydrogen) atoms. The monoisotopic (exact) mass is 365 g/mol. The summed E-state index contributed by atoms with van der Waals surface area (Å²) in [5.74, 6) is 3.57. The zero-order valence-electron chi connectivity index (χ0n) is 16.0. The molecule has 0 N–H and O–H groups in total. The first-order valence-electron chi connectivity index (χ1n) is 8.54. The molecule has 2 heterocycles. The number of ether oxygens (including phenoxy) is 4. The number of pyridine rings is 1. The van der Waals surface area contributed by atoms with Crippen LogP contribution in [0.25, 0.3) is 27.3 Å². The number of hydrogen-bond acceptors (Lipinski definition) is 5. The molecule has 0 fully saturated rings. The first-order chi connectivity index (χ1) is 13.1. The van der Waals surface area contributed by atoms with Gasteiger partial charge < -0.3 is 18.9 Å². The second-order valence-corrected chi connectivity index (χ2v) is 6.20. The van der Waals surface area contributed by atoms with Crippen LogP contribution in [0, 0.1) is 6.92 Å². The molecule has 0 aliphatic rings. The van der Waals surface area contributed by atoms with Crippen molar-refractivity contribution < 1.29 is 23.3 Å². The summed E-state index contributed by atoms with van der Waals surface area (Å²) in [5.41, 5.74) is 2.87. The van der Waals surface area contributed by atoms with Gasteiger partial charge in [-0.15, -0.1) is 0 Å². The largest absolute Gasteiger partial charge is 0.493 e. The fourth-order valence-electron chi connectivity index (χ4n) is 3.53. The molecule has 0 unspecified atom stereocenters. The maximum atomic E-state index is 5.49. The summed E-state index contributed by atoms with van der Waals surface area (Å²) in [5, 5.41) is 2.02. The van der Waals surface area contributed by atoms with Crippen molar-refractivity contribution in [2.45, 2.75) is 6.92 Å². The number of nitrogens with zero attached hydrogens (tertiary/aromatic N) is 2. The van der Waals surface area contributed by atoms with E-state index in [0.29, 0.717) is 23.0 Å². The van der Waals surface area contributed by atoms with Gasteiger partial charge in [0.15, 0.2) is 28.5 Å². The Kier molecular flexibility index (Phi) is 4.11. The SMILES string of the molecule is COc1cc2ccc3c4cc(OC)c(OC)cc4nc(C)[n+]3c2cc1OC. The van der Waals surface area contributed by atoms with E-state index in [-0.39, 0.29) is 0 Å². The summed E-state index contributed by atoms with van der Waals surface area (Å²) >= 11 is 0. The van der Waals surface area contributed by atoms with Crippen LogP contribution in [0.15, 0.2) is 36.4 Å². The maximum absolute atomic E-state index is 5.49. The van der Waals surface area contributed by atoms with Crippen molar-refractivity contribution >= 4 is 27.3 Å². The van der Waals surface area contributed by atoms with Crippen LogP contribution < -0.4 is 23.3 Å². The molecule has 0 atom stereocenters. The van der Waals surface area contributed by atoms with E-state index >= 15 is 0 Å². The smallest absolute Gasteiger partial charge is 0.301 e. The minimum absolute atomic E-state index is 0.661. The lowest BCUT2D eigenvalue weighted by Gasteiger charge is -2.11. The summed E-state index contributed by atoms with van der Waals surface area (Å²) in [6.07, 6.45) is 0. The van der Waals surface area contributed by atoms with E-state index in [1.165, 1.54) is 0 Å². The van der Waals surface area contributed by atoms with E-state index < -0.39 is 0 Å². The lowest BCUT2D eigenvalue weighted by atomic mass is 10.1. The molecule has 0 saturated carbocycles. The average Bonchev–Trinajstić information content (AvgIpc) is 2.71. The predicted octanol–water partition coefficient (Wildman–Crippen LogP) is 3.47. The molecule has 0 radical (unpaired) electrons. The van der Waals surface area contributed by atoms with E-state index in [9.17, 15) is 0 Å². The maximum Gasteiger partial charge on any atom is 0.301 e. The quantitative estimate of drug-likeness (QED) is 0.409. The van der Waals surface area contributed by atoms with Gasteiger partial charge in [-0.3, -0.25) is 0 Å². The highest BCUT2D eigenvalue weighted by atomic mass is 16.5. The van der Waals surface area contributed by atoms with E-state index in [1.54, 1.807) is 28.4 Å². The number of aromatic nitrogens is 2. The van der Waals surface area contributed by atoms with Gasteiger partial charge in [-0.25, -0.2) is 0 Å². The minimum atomic E-state index is 0.661. The van der Waals surface area contributed by atoms with Crippen LogP contribution in [0.3, 0.4) is 0 Å². The van der Waals surface area contributed by atoms with E-state index in [2.05, 4.69) is 16.5 Å². The van der Waals surface area contributed by atoms with Crippen molar-refractivity contribution in [2.75, 3.05) is 28.4 Å². The highest BCUT2D eigenvalue weighted by Crippen LogP contribution is 2.34. The fraction of sp³-hybridized carbons (Fsp3) is 0.238. The van der Waals surface area contributed by atoms with Gasteiger partial charge in [0.05, 0.1) is 33.8 Å². The first kappa shape index (κ1) is 17.1. The molecule has 4 aromatic rings. The Labute approximate surface area is 156 Å². The Bertz CT molecular complexity index is 1190. The standard InChI is InChI=1S/C21H21N2O4/c1-12-22-15-10-20(26-4)19(25-3)9-14(15)16-7-6-13-8-18(24-2)21(27-5)11-17(13)23(12)16/h6-11H,1-5H3/q+1. The van der Waals surface area contributed by atoms with Crippen molar-refractivity contribution in [3.8, 4) is 23.0 Å². The molecule has 0 bridgehead atoms. The summed E-state index contributed by atoms with van der Waals surface area (Å²) in [4.78, 5) is 4.79. The van der Waals surface area contributed by atoms with Gasteiger partial charge >= 0.3 is 5.82 Å². The van der Waals surface area contributed by atoms with Crippen LogP contribution in [0.2, 0.25) is 0 Å². The van der Waals surface area contributed by atoms with Crippen molar-refractivity contribution in [3.05, 3.63) is 42.2 Å². The predicted molar refractivity (Wildman–Crippen MR) is 103 cm³/mol. The highest BCUT2D eigenvalue weighted by Gasteiger charge is 2.20. The number of aryl methyl sites for hydroxylation is 1. The van der Waals surface area contributed by atoms with E-state index in [1.807, 2.05) is 31.2 Å². The molecule has 6 heteroatoms. The third kappa shape index (κ3) is 2.56. The molecule has 4 rings (SSSR count). The van der Waals surface area contributed by atoms with Gasteiger partial charge in [0, 0.05) is 24.4 Å². The summed E-state index contributed by atoms with van der Waals surface area (Å²) in [6.45, 7) is 1.99. The molecule has 0 aliphatic carbocycles. The molecular formula is C21H21N2O4+. The summed E-state index contributed by atoms with van der Waals surface area (Å²) in [6, 6.07) is 12.0. The van der Waals surface area contributed by atoms with Crippen LogP contribution in [0.4, 0.5) is 0 Å². The first-order valence-corrected chi connectivity index (χ1v) is 8.54. The van der Waals surface area contributed by atoms with Gasteiger partial charge in [0.2, 0.25) is 0 Å². The molecule has 2 aromatic heterocycles. The van der Waals surface area contributed by atoms with Gasteiger partial charge in [-0.1, -0.05) is 0 Å². The normalized spacial score (nSPS) is 11.1. The van der Waals surface area contributed by atoms with Crippen molar-refractivity contribution in [1.29, 1.82) is 0 Å². The Balaban J connectivity index is 2.16. The number of benzene rings is 2. The molecule has 6 nitrogen and oxygen atoms in total. The van der Waals surface area contributed by atoms with Gasteiger partial charge in [0.25, 0.3) is 0 Å². The third-order valence-electron chi connectivity index (χ3n) is 4.82. The second-order valence-electron chi connectivity index (χ2n) is 6.20. The third-order valence-corrected chi connectivity index (χ3v) is 4.82. The topological polar surface area (TPSA) is 53.9 Å². The lowest BCUT2D eigenvalue weighted by molar-refractivity contribution is -0.492. The molecule has 0 saturated heterocycles. The Hall–Kier alpha value is -3.28. The number of hydrogen-bond donors (Lipinski definition) is 0. The van der Waals surface area contributed by atoms with Crippen LogP contribution >= 0.6 is 0 Å². The van der Waals surface area contributed by atoms with Crippen molar-refractivity contribution in [1.82, 2.24) is 4.98 Å². The van der Waals surface area contributed by atoms with Crippen LogP contribution in [0.1, 0.15) is 5.82 Å². The van der Waals surface area contributed by atoms with Gasteiger partial charge in [-0.2, -0.15) is 4.40 Å². The number of rotatable bonds is 4. The fourth-order valence-corrected chi connectivity index (χ4v) is 3.53. The molecular weight excluding hydrogens is 344 g/mol. The number of methoxy groups -OCH3 is 4. The van der Waals surface area contributed by atoms with Crippen molar-refractivity contribution in [3.63, 3.8) is 0 Å². The Morgan fingerprint density at radius 3 is 1.96 bits per heavy atom. The average molecular weight is 365 g/mol. The highest BCUT2D eigenvalue weighted by molar-refractivity contribution is 5.95. The van der Waals surface area contributed by atoms with Gasteiger partial charge in [0.1, 0.15) is 11.0 Å². The summed E-state index contributed by atoms with van der Waals surface area (Å²) in [7, 11) is 6.53. The molecule has 0 aliphatic heterocycles. The minimum Gasteiger partial charge on any atom is -0.493 e. The Morgan fingerprint density at radius 1 is 0.704 bits per heavy atom. The molecule has 0 spiro atoms. The number of fused-ring (bicyclic) bond motifs is 5. The van der Waals surface area contributed by atoms with Crippen LogP contribution in [-0.4, -0.2) is 33.4 Å². The Morgan fingerprint density at radius 2 is 1.30 bits per heavy atom. The summed E-state index contributed by atoms with van der Waals surface area (Å²) < 4.78 is 23.9. The van der Waals surface area contributed by atoms with E-state index in [4.69, 9.17) is 23.9 Å². The van der Waals surface area contributed by atoms with Gasteiger partial charge in [-0.05, 0) is 29.2 Å². The molecule has 138 valence electrons. The van der Waals surface area contributed by atoms with Crippen molar-refractivity contribution in [2.24, 2.45) is 0 Å². The molecule has 0 amide bonds. The molecule has 2 aromatic carbocycles. The van der Waals surface area contributed by atoms with Crippen LogP contribution in [0.5, 0.6) is 23.0 Å².